The van der Waals surface area contributed by atoms with Gasteiger partial charge in [0.25, 0.3) is 5.91 Å². The molecule has 2 fully saturated rings. The highest BCUT2D eigenvalue weighted by molar-refractivity contribution is 5.97. The molecule has 2 heterocycles. The average molecular weight is 457 g/mol. The fourth-order valence-electron chi connectivity index (χ4n) is 4.68. The number of nitrogens with zero attached hydrogens (tertiary/aromatic N) is 2. The van der Waals surface area contributed by atoms with E-state index >= 15 is 0 Å². The summed E-state index contributed by atoms with van der Waals surface area (Å²) >= 11 is 0. The molecule has 0 radical (unpaired) electrons. The number of ether oxygens (including phenoxy) is 1. The number of carbonyl (C=O) groups excluding carboxylic acids is 2. The number of benzene rings is 2. The van der Waals surface area contributed by atoms with E-state index in [0.717, 1.165) is 50.1 Å². The number of Topliss-reactive ketones (excluding diaryl/α,β-unsaturated/α-hetero) is 1. The van der Waals surface area contributed by atoms with Gasteiger partial charge >= 0.3 is 0 Å². The van der Waals surface area contributed by atoms with E-state index < -0.39 is 6.10 Å². The molecular weight excluding hydrogens is 424 g/mol. The topological polar surface area (TPSA) is 49.9 Å². The minimum atomic E-state index is -0.412. The van der Waals surface area contributed by atoms with Gasteiger partial charge in [-0.2, -0.15) is 0 Å². The van der Waals surface area contributed by atoms with Crippen molar-refractivity contribution in [2.75, 3.05) is 31.1 Å². The normalized spacial score (nSPS) is 20.8. The molecule has 6 heteroatoms. The molecule has 0 N–H and O–H groups in total. The summed E-state index contributed by atoms with van der Waals surface area (Å²) in [6.07, 6.45) is 2.96. The third-order valence-electron chi connectivity index (χ3n) is 6.64. The van der Waals surface area contributed by atoms with Gasteiger partial charge in [0.2, 0.25) is 0 Å². The smallest absolute Gasteiger partial charge is 0.255 e. The Labute approximate surface area is 197 Å². The van der Waals surface area contributed by atoms with Crippen molar-refractivity contribution in [3.05, 3.63) is 65.7 Å². The van der Waals surface area contributed by atoms with Crippen molar-refractivity contribution in [1.82, 2.24) is 4.90 Å². The Hall–Kier alpha value is -2.21. The lowest BCUT2D eigenvalue weighted by Gasteiger charge is -2.49. The second kappa shape index (κ2) is 10.6. The van der Waals surface area contributed by atoms with Crippen molar-refractivity contribution in [3.8, 4) is 0 Å². The van der Waals surface area contributed by atoms with Crippen LogP contribution in [0, 0.1) is 0 Å². The van der Waals surface area contributed by atoms with Gasteiger partial charge in [-0.05, 0) is 43.9 Å². The van der Waals surface area contributed by atoms with Crippen LogP contribution in [-0.4, -0.2) is 54.5 Å². The predicted molar refractivity (Wildman–Crippen MR) is 130 cm³/mol. The van der Waals surface area contributed by atoms with Gasteiger partial charge in [0.15, 0.2) is 5.78 Å². The Balaban J connectivity index is 0.00000289. The summed E-state index contributed by atoms with van der Waals surface area (Å²) in [7, 11) is 0. The van der Waals surface area contributed by atoms with Crippen LogP contribution in [0.5, 0.6) is 0 Å². The first-order chi connectivity index (χ1) is 15.0. The molecule has 2 aliphatic heterocycles. The van der Waals surface area contributed by atoms with E-state index in [4.69, 9.17) is 4.74 Å². The van der Waals surface area contributed by atoms with Gasteiger partial charge in [-0.3, -0.25) is 9.59 Å². The Bertz CT molecular complexity index is 908. The molecule has 32 heavy (non-hydrogen) atoms. The Morgan fingerprint density at radius 3 is 2.34 bits per heavy atom. The zero-order chi connectivity index (χ0) is 21.8. The number of piperidine rings is 1. The maximum Gasteiger partial charge on any atom is 0.255 e. The van der Waals surface area contributed by atoms with Crippen LogP contribution < -0.4 is 4.90 Å². The van der Waals surface area contributed by atoms with E-state index in [2.05, 4.69) is 17.0 Å². The number of ketones is 1. The molecule has 172 valence electrons. The molecule has 1 atom stereocenters. The summed E-state index contributed by atoms with van der Waals surface area (Å²) in [6, 6.07) is 18.0. The first kappa shape index (κ1) is 24.4. The summed E-state index contributed by atoms with van der Waals surface area (Å²) < 4.78 is 6.29. The molecule has 2 saturated heterocycles. The Morgan fingerprint density at radius 1 is 1.06 bits per heavy atom. The number of halogens is 1. The third kappa shape index (κ3) is 5.40. The lowest BCUT2D eigenvalue weighted by atomic mass is 9.88. The number of hydrogen-bond donors (Lipinski definition) is 0. The van der Waals surface area contributed by atoms with Gasteiger partial charge in [-0.1, -0.05) is 49.4 Å². The summed E-state index contributed by atoms with van der Waals surface area (Å²) in [5.41, 5.74) is 2.75. The van der Waals surface area contributed by atoms with Crippen LogP contribution in [-0.2, 0) is 16.0 Å². The van der Waals surface area contributed by atoms with Crippen LogP contribution in [0.3, 0.4) is 0 Å². The van der Waals surface area contributed by atoms with E-state index in [1.807, 2.05) is 61.2 Å². The number of para-hydroxylation sites is 1. The quantitative estimate of drug-likeness (QED) is 0.599. The minimum Gasteiger partial charge on any atom is -0.360 e. The monoisotopic (exact) mass is 456 g/mol. The molecule has 1 amide bonds. The van der Waals surface area contributed by atoms with Crippen molar-refractivity contribution in [3.63, 3.8) is 0 Å². The molecule has 0 saturated carbocycles. The van der Waals surface area contributed by atoms with Crippen LogP contribution in [0.2, 0.25) is 0 Å². The van der Waals surface area contributed by atoms with Crippen molar-refractivity contribution in [2.45, 2.75) is 51.2 Å². The van der Waals surface area contributed by atoms with Crippen LogP contribution in [0.4, 0.5) is 5.69 Å². The van der Waals surface area contributed by atoms with Gasteiger partial charge in [0.05, 0.1) is 12.1 Å². The molecule has 2 aromatic rings. The number of rotatable bonds is 6. The molecule has 4 rings (SSSR count). The van der Waals surface area contributed by atoms with Gasteiger partial charge in [0.1, 0.15) is 6.10 Å². The van der Waals surface area contributed by atoms with Crippen molar-refractivity contribution in [1.29, 1.82) is 0 Å². The molecule has 0 aromatic heterocycles. The zero-order valence-electron chi connectivity index (χ0n) is 19.0. The number of hydrogen-bond acceptors (Lipinski definition) is 4. The molecule has 0 aliphatic carbocycles. The highest BCUT2D eigenvalue weighted by Crippen LogP contribution is 2.35. The van der Waals surface area contributed by atoms with Crippen LogP contribution in [0.1, 0.15) is 49.0 Å². The molecule has 5 nitrogen and oxygen atoms in total. The summed E-state index contributed by atoms with van der Waals surface area (Å²) in [6.45, 7) is 7.32. The highest BCUT2D eigenvalue weighted by atomic mass is 35.5. The van der Waals surface area contributed by atoms with Crippen LogP contribution >= 0.6 is 12.4 Å². The second-order valence-corrected chi connectivity index (χ2v) is 8.77. The zero-order valence-corrected chi connectivity index (χ0v) is 19.8. The van der Waals surface area contributed by atoms with Crippen LogP contribution in [0.15, 0.2) is 54.6 Å². The van der Waals surface area contributed by atoms with Gasteiger partial charge in [-0.25, -0.2) is 0 Å². The number of anilines is 1. The maximum absolute atomic E-state index is 12.7. The molecule has 2 aliphatic rings. The summed E-state index contributed by atoms with van der Waals surface area (Å²) in [5.74, 6) is 0.238. The van der Waals surface area contributed by atoms with Crippen molar-refractivity contribution in [2.24, 2.45) is 0 Å². The molecule has 1 unspecified atom stereocenters. The van der Waals surface area contributed by atoms with E-state index in [-0.39, 0.29) is 29.7 Å². The number of carbonyl (C=O) groups is 2. The fraction of sp³-hybridized carbons (Fsp3) is 0.462. The van der Waals surface area contributed by atoms with E-state index in [9.17, 15) is 9.59 Å². The molecule has 1 spiro atoms. The second-order valence-electron chi connectivity index (χ2n) is 8.77. The van der Waals surface area contributed by atoms with E-state index in [0.29, 0.717) is 13.0 Å². The van der Waals surface area contributed by atoms with Crippen molar-refractivity contribution >= 4 is 29.8 Å². The van der Waals surface area contributed by atoms with E-state index in [1.165, 1.54) is 5.56 Å². The highest BCUT2D eigenvalue weighted by Gasteiger charge is 2.45. The maximum atomic E-state index is 12.7. The minimum absolute atomic E-state index is 0. The number of amides is 1. The lowest BCUT2D eigenvalue weighted by molar-refractivity contribution is -0.161. The SMILES string of the molecule is CCC(=O)c1ccc(CCN2CCC3(CC2)CN(c2ccccc2)C(=O)C(C)O3)cc1.Cl. The predicted octanol–water partition coefficient (Wildman–Crippen LogP) is 4.53. The number of likely N-dealkylation sites (tertiary alicyclic amines) is 1. The first-order valence-electron chi connectivity index (χ1n) is 11.4. The van der Waals surface area contributed by atoms with E-state index in [1.54, 1.807) is 0 Å². The molecule has 0 bridgehead atoms. The van der Waals surface area contributed by atoms with Crippen molar-refractivity contribution < 1.29 is 14.3 Å². The standard InChI is InChI=1S/C26H32N2O3.ClH/c1-3-24(29)22-11-9-21(10-12-22)13-16-27-17-14-26(15-18-27)19-28(25(30)20(2)31-26)23-7-5-4-6-8-23;/h4-12,20H,3,13-19H2,1-2H3;1H. The summed E-state index contributed by atoms with van der Waals surface area (Å²) in [4.78, 5) is 28.9. The Kier molecular flexibility index (Phi) is 8.10. The summed E-state index contributed by atoms with van der Waals surface area (Å²) in [5, 5.41) is 0. The van der Waals surface area contributed by atoms with Crippen LogP contribution in [0.25, 0.3) is 0 Å². The van der Waals surface area contributed by atoms with Gasteiger partial charge in [-0.15, -0.1) is 12.4 Å². The lowest BCUT2D eigenvalue weighted by Crippen LogP contribution is -2.61. The molecule has 2 aromatic carbocycles. The van der Waals surface area contributed by atoms with Gasteiger partial charge in [0, 0.05) is 37.3 Å². The largest absolute Gasteiger partial charge is 0.360 e. The third-order valence-corrected chi connectivity index (χ3v) is 6.64. The first-order valence-corrected chi connectivity index (χ1v) is 11.4. The number of morpholine rings is 1. The average Bonchev–Trinajstić information content (AvgIpc) is 2.81. The Morgan fingerprint density at radius 2 is 1.72 bits per heavy atom. The van der Waals surface area contributed by atoms with Gasteiger partial charge < -0.3 is 14.5 Å². The fourth-order valence-corrected chi connectivity index (χ4v) is 4.68. The molecular formula is C26H33ClN2O3.